The second kappa shape index (κ2) is 3.09. The van der Waals surface area contributed by atoms with Crippen LogP contribution in [0.3, 0.4) is 0 Å². The van der Waals surface area contributed by atoms with E-state index in [-0.39, 0.29) is 29.3 Å². The first-order valence-electron chi connectivity index (χ1n) is 7.10. The lowest BCUT2D eigenvalue weighted by Crippen LogP contribution is -2.84. The molecule has 108 valence electrons. The predicted molar refractivity (Wildman–Crippen MR) is 76.8 cm³/mol. The van der Waals surface area contributed by atoms with Crippen molar-refractivity contribution in [3.8, 4) is 0 Å². The zero-order valence-corrected chi connectivity index (χ0v) is 13.5. The Morgan fingerprint density at radius 2 is 1.35 bits per heavy atom. The van der Waals surface area contributed by atoms with Crippen LogP contribution >= 0.6 is 46.4 Å². The Morgan fingerprint density at radius 3 is 1.90 bits per heavy atom. The van der Waals surface area contributed by atoms with Gasteiger partial charge >= 0.3 is 0 Å². The van der Waals surface area contributed by atoms with Crippen molar-refractivity contribution >= 4 is 58.0 Å². The van der Waals surface area contributed by atoms with Crippen molar-refractivity contribution in [2.75, 3.05) is 0 Å². The van der Waals surface area contributed by atoms with Crippen LogP contribution in [0.25, 0.3) is 0 Å². The first kappa shape index (κ1) is 13.0. The summed E-state index contributed by atoms with van der Waals surface area (Å²) < 4.78 is 0. The van der Waals surface area contributed by atoms with E-state index in [0.29, 0.717) is 6.42 Å². The molecule has 0 N–H and O–H groups in total. The van der Waals surface area contributed by atoms with Gasteiger partial charge in [0.25, 0.3) is 0 Å². The Labute approximate surface area is 136 Å². The maximum atomic E-state index is 13.2. The Balaban J connectivity index is 1.76. The molecule has 0 bridgehead atoms. The van der Waals surface area contributed by atoms with Gasteiger partial charge in [-0.05, 0) is 37.5 Å². The van der Waals surface area contributed by atoms with Gasteiger partial charge in [0.1, 0.15) is 14.6 Å². The molecule has 1 spiro atoms. The second-order valence-electron chi connectivity index (χ2n) is 7.05. The fraction of sp³-hybridized carbons (Fsp3) is 0.857. The number of rotatable bonds is 0. The fourth-order valence-electron chi connectivity index (χ4n) is 5.89. The number of ketones is 2. The monoisotopic (exact) mass is 352 g/mol. The minimum atomic E-state index is -1.29. The van der Waals surface area contributed by atoms with Crippen LogP contribution in [0.15, 0.2) is 0 Å². The number of hydrogen-bond acceptors (Lipinski definition) is 2. The van der Waals surface area contributed by atoms with Gasteiger partial charge in [0.2, 0.25) is 0 Å². The summed E-state index contributed by atoms with van der Waals surface area (Å²) in [5.74, 6) is -0.491. The van der Waals surface area contributed by atoms with Crippen molar-refractivity contribution in [2.45, 2.75) is 45.7 Å². The molecule has 6 heteroatoms. The lowest BCUT2D eigenvalue weighted by atomic mass is 9.40. The molecule has 0 heterocycles. The first-order chi connectivity index (χ1) is 9.30. The van der Waals surface area contributed by atoms with E-state index in [1.54, 1.807) is 0 Å². The number of halogens is 4. The Hall–Kier alpha value is 0.500. The topological polar surface area (TPSA) is 34.1 Å². The second-order valence-corrected chi connectivity index (χ2v) is 9.37. The minimum Gasteiger partial charge on any atom is -0.297 e. The number of alkyl halides is 4. The van der Waals surface area contributed by atoms with Crippen LogP contribution in [-0.2, 0) is 9.59 Å². The van der Waals surface area contributed by atoms with Crippen molar-refractivity contribution in [3.63, 3.8) is 0 Å². The average Bonchev–Trinajstić information content (AvgIpc) is 2.72. The summed E-state index contributed by atoms with van der Waals surface area (Å²) in [6.45, 7) is 0. The number of carbonyl (C=O) groups excluding carboxylic acids is 2. The van der Waals surface area contributed by atoms with E-state index < -0.39 is 25.4 Å². The van der Waals surface area contributed by atoms with E-state index in [1.165, 1.54) is 0 Å². The highest BCUT2D eigenvalue weighted by molar-refractivity contribution is 6.61. The standard InChI is InChI=1S/C14H12Cl4O2/c15-8-4-3-7-11(8)9(19)12(16)5-1-2-6(5)13(12,17)10(20)14(7,11)18/h5-8H,1-4H2. The quantitative estimate of drug-likeness (QED) is 0.627. The third-order valence-electron chi connectivity index (χ3n) is 6.94. The highest BCUT2D eigenvalue weighted by Gasteiger charge is 2.99. The molecule has 2 nitrogen and oxygen atoms in total. The molecule has 5 aliphatic carbocycles. The predicted octanol–water partition coefficient (Wildman–Crippen LogP) is 3.13. The van der Waals surface area contributed by atoms with E-state index in [9.17, 15) is 9.59 Å². The third kappa shape index (κ3) is 0.793. The molecule has 0 aliphatic heterocycles. The molecule has 0 aromatic rings. The molecule has 8 atom stereocenters. The van der Waals surface area contributed by atoms with Crippen LogP contribution in [0.5, 0.6) is 0 Å². The molecule has 5 aliphatic rings. The molecular formula is C14H12Cl4O2. The van der Waals surface area contributed by atoms with Gasteiger partial charge in [0, 0.05) is 11.3 Å². The van der Waals surface area contributed by atoms with Gasteiger partial charge in [-0.2, -0.15) is 0 Å². The summed E-state index contributed by atoms with van der Waals surface area (Å²) >= 11 is 26.3. The summed E-state index contributed by atoms with van der Waals surface area (Å²) in [4.78, 5) is 22.4. The number of hydrogen-bond donors (Lipinski definition) is 0. The zero-order valence-electron chi connectivity index (χ0n) is 10.5. The lowest BCUT2D eigenvalue weighted by molar-refractivity contribution is -0.163. The summed E-state index contributed by atoms with van der Waals surface area (Å²) in [6.07, 6.45) is 3.15. The highest BCUT2D eigenvalue weighted by Crippen LogP contribution is 2.86. The Morgan fingerprint density at radius 1 is 0.800 bits per heavy atom. The highest BCUT2D eigenvalue weighted by atomic mass is 35.5. The molecule has 5 saturated carbocycles. The van der Waals surface area contributed by atoms with Crippen molar-refractivity contribution in [1.82, 2.24) is 0 Å². The summed E-state index contributed by atoms with van der Waals surface area (Å²) in [5, 5.41) is -0.391. The van der Waals surface area contributed by atoms with Crippen molar-refractivity contribution in [3.05, 3.63) is 0 Å². The SMILES string of the molecule is O=C1C2(Cl)C3CCC3C2(Cl)C(=O)C23C(Cl)CCC2C13Cl. The maximum absolute atomic E-state index is 13.2. The summed E-state index contributed by atoms with van der Waals surface area (Å²) in [6, 6.07) is 0. The smallest absolute Gasteiger partial charge is 0.178 e. The van der Waals surface area contributed by atoms with Crippen LogP contribution in [0.2, 0.25) is 0 Å². The molecule has 0 saturated heterocycles. The minimum absolute atomic E-state index is 0.0150. The van der Waals surface area contributed by atoms with Crippen LogP contribution < -0.4 is 0 Å². The molecule has 5 rings (SSSR count). The molecule has 0 aromatic heterocycles. The molecular weight excluding hydrogens is 342 g/mol. The van der Waals surface area contributed by atoms with E-state index >= 15 is 0 Å². The summed E-state index contributed by atoms with van der Waals surface area (Å²) in [5.41, 5.74) is -0.951. The average molecular weight is 354 g/mol. The molecule has 8 unspecified atom stereocenters. The van der Waals surface area contributed by atoms with E-state index in [4.69, 9.17) is 46.4 Å². The van der Waals surface area contributed by atoms with E-state index in [2.05, 4.69) is 0 Å². The van der Waals surface area contributed by atoms with E-state index in [0.717, 1.165) is 19.3 Å². The maximum Gasteiger partial charge on any atom is 0.178 e. The Kier molecular flexibility index (Phi) is 2.00. The fourth-order valence-corrected chi connectivity index (χ4v) is 8.55. The number of carbonyl (C=O) groups is 2. The van der Waals surface area contributed by atoms with Gasteiger partial charge in [-0.25, -0.2) is 0 Å². The lowest BCUT2D eigenvalue weighted by Gasteiger charge is -2.70. The van der Waals surface area contributed by atoms with Gasteiger partial charge in [-0.1, -0.05) is 0 Å². The van der Waals surface area contributed by atoms with Crippen molar-refractivity contribution in [1.29, 1.82) is 0 Å². The zero-order chi connectivity index (χ0) is 14.3. The largest absolute Gasteiger partial charge is 0.297 e. The molecule has 20 heavy (non-hydrogen) atoms. The third-order valence-corrected chi connectivity index (χ3v) is 9.85. The van der Waals surface area contributed by atoms with Crippen LogP contribution in [-0.4, -0.2) is 31.6 Å². The van der Waals surface area contributed by atoms with Gasteiger partial charge in [-0.15, -0.1) is 46.4 Å². The molecule has 0 aromatic carbocycles. The van der Waals surface area contributed by atoms with Crippen LogP contribution in [0.1, 0.15) is 25.7 Å². The van der Waals surface area contributed by atoms with Crippen LogP contribution in [0.4, 0.5) is 0 Å². The molecule has 0 radical (unpaired) electrons. The van der Waals surface area contributed by atoms with Gasteiger partial charge in [0.05, 0.1) is 5.41 Å². The molecule has 5 fully saturated rings. The van der Waals surface area contributed by atoms with Gasteiger partial charge < -0.3 is 0 Å². The normalized spacial score (nSPS) is 69.2. The van der Waals surface area contributed by atoms with Crippen molar-refractivity contribution < 1.29 is 9.59 Å². The summed E-state index contributed by atoms with van der Waals surface area (Å²) in [7, 11) is 0. The van der Waals surface area contributed by atoms with E-state index in [1.807, 2.05) is 0 Å². The number of fused-ring (bicyclic) bond motifs is 5. The Bertz CT molecular complexity index is 608. The van der Waals surface area contributed by atoms with Crippen molar-refractivity contribution in [2.24, 2.45) is 23.2 Å². The first-order valence-corrected chi connectivity index (χ1v) is 8.67. The van der Waals surface area contributed by atoms with Gasteiger partial charge in [-0.3, -0.25) is 9.59 Å². The molecule has 0 amide bonds. The van der Waals surface area contributed by atoms with Crippen LogP contribution in [0, 0.1) is 23.2 Å². The number of Topliss-reactive ketones (excluding diaryl/α,β-unsaturated/α-hetero) is 2. The van der Waals surface area contributed by atoms with Gasteiger partial charge in [0.15, 0.2) is 11.6 Å².